The highest BCUT2D eigenvalue weighted by atomic mass is 35.5. The van der Waals surface area contributed by atoms with E-state index in [4.69, 9.17) is 32.7 Å². The zero-order valence-electron chi connectivity index (χ0n) is 17.9. The van der Waals surface area contributed by atoms with E-state index in [1.165, 1.54) is 13.3 Å². The molecule has 1 aromatic carbocycles. The highest BCUT2D eigenvalue weighted by molar-refractivity contribution is 6.42. The lowest BCUT2D eigenvalue weighted by atomic mass is 9.86. The average molecular weight is 491 g/mol. The molecule has 7 nitrogen and oxygen atoms in total. The molecule has 0 aliphatic carbocycles. The lowest BCUT2D eigenvalue weighted by Crippen LogP contribution is -2.32. The third-order valence-electron chi connectivity index (χ3n) is 5.71. The van der Waals surface area contributed by atoms with Gasteiger partial charge in [-0.1, -0.05) is 29.3 Å². The Labute approximate surface area is 200 Å². The third kappa shape index (κ3) is 5.17. The van der Waals surface area contributed by atoms with Crippen molar-refractivity contribution in [1.29, 1.82) is 0 Å². The van der Waals surface area contributed by atoms with Gasteiger partial charge in [-0.15, -0.1) is 0 Å². The molecule has 0 radical (unpaired) electrons. The topological polar surface area (TPSA) is 77.4 Å². The van der Waals surface area contributed by atoms with Crippen molar-refractivity contribution >= 4 is 29.1 Å². The molecule has 3 atom stereocenters. The second-order valence-electron chi connectivity index (χ2n) is 7.75. The lowest BCUT2D eigenvalue weighted by molar-refractivity contribution is 0.0767. The third-order valence-corrected chi connectivity index (χ3v) is 6.45. The monoisotopic (exact) mass is 490 g/mol. The molecule has 3 aromatic rings. The van der Waals surface area contributed by atoms with Crippen molar-refractivity contribution in [3.63, 3.8) is 0 Å². The number of rotatable bonds is 6. The second-order valence-corrected chi connectivity index (χ2v) is 8.56. The number of ether oxygens (including phenoxy) is 2. The summed E-state index contributed by atoms with van der Waals surface area (Å²) in [5.41, 5.74) is 1.40. The fourth-order valence-electron chi connectivity index (χ4n) is 3.99. The van der Waals surface area contributed by atoms with Crippen LogP contribution in [0.4, 0.5) is 4.39 Å². The molecule has 3 unspecified atom stereocenters. The van der Waals surface area contributed by atoms with Gasteiger partial charge in [0, 0.05) is 37.2 Å². The van der Waals surface area contributed by atoms with Crippen LogP contribution in [-0.2, 0) is 0 Å². The number of carbonyl (C=O) groups excluding carboxylic acids is 1. The van der Waals surface area contributed by atoms with Gasteiger partial charge in [0.1, 0.15) is 6.10 Å². The predicted octanol–water partition coefficient (Wildman–Crippen LogP) is 4.65. The summed E-state index contributed by atoms with van der Waals surface area (Å²) in [4.78, 5) is 26.9. The van der Waals surface area contributed by atoms with E-state index >= 15 is 0 Å². The summed E-state index contributed by atoms with van der Waals surface area (Å²) in [6.07, 6.45) is 3.22. The van der Waals surface area contributed by atoms with Crippen molar-refractivity contribution in [2.24, 2.45) is 5.92 Å². The van der Waals surface area contributed by atoms with Crippen LogP contribution in [0, 0.1) is 11.7 Å². The fraction of sp³-hybridized carbons (Fsp3) is 0.304. The van der Waals surface area contributed by atoms with Gasteiger partial charge in [0.05, 0.1) is 35.1 Å². The Morgan fingerprint density at radius 3 is 2.48 bits per heavy atom. The van der Waals surface area contributed by atoms with Crippen LogP contribution < -0.4 is 9.47 Å². The smallest absolute Gasteiger partial charge is 0.316 e. The van der Waals surface area contributed by atoms with Gasteiger partial charge in [-0.25, -0.2) is 19.3 Å². The van der Waals surface area contributed by atoms with Crippen LogP contribution in [0.3, 0.4) is 0 Å². The fourth-order valence-corrected chi connectivity index (χ4v) is 4.30. The van der Waals surface area contributed by atoms with Crippen LogP contribution in [0.2, 0.25) is 10.0 Å². The number of hydrogen-bond acceptors (Lipinski definition) is 6. The molecule has 1 fully saturated rings. The normalized spacial score (nSPS) is 18.8. The summed E-state index contributed by atoms with van der Waals surface area (Å²) in [5.74, 6) is -0.449. The first kappa shape index (κ1) is 23.2. The maximum atomic E-state index is 13.2. The van der Waals surface area contributed by atoms with E-state index in [-0.39, 0.29) is 29.9 Å². The molecule has 0 bridgehead atoms. The summed E-state index contributed by atoms with van der Waals surface area (Å²) in [6.45, 7) is 2.76. The number of carbonyl (C=O) groups is 1. The van der Waals surface area contributed by atoms with Crippen LogP contribution in [0.15, 0.2) is 48.9 Å². The molecule has 0 saturated carbocycles. The molecule has 10 heteroatoms. The first-order valence-corrected chi connectivity index (χ1v) is 11.0. The van der Waals surface area contributed by atoms with Crippen molar-refractivity contribution in [3.8, 4) is 11.9 Å². The number of likely N-dealkylation sites (tertiary alicyclic amines) is 1. The quantitative estimate of drug-likeness (QED) is 0.500. The molecular weight excluding hydrogens is 470 g/mol. The van der Waals surface area contributed by atoms with Gasteiger partial charge in [-0.05, 0) is 30.7 Å². The van der Waals surface area contributed by atoms with E-state index in [9.17, 15) is 9.18 Å². The van der Waals surface area contributed by atoms with E-state index in [0.717, 1.165) is 18.0 Å². The highest BCUT2D eigenvalue weighted by Gasteiger charge is 2.40. The summed E-state index contributed by atoms with van der Waals surface area (Å²) in [5, 5.41) is 0.892. The van der Waals surface area contributed by atoms with Gasteiger partial charge >= 0.3 is 6.01 Å². The molecule has 3 heterocycles. The number of aromatic nitrogens is 3. The zero-order chi connectivity index (χ0) is 23.5. The highest BCUT2D eigenvalue weighted by Crippen LogP contribution is 2.38. The molecule has 1 aliphatic rings. The Kier molecular flexibility index (Phi) is 6.95. The summed E-state index contributed by atoms with van der Waals surface area (Å²) in [6, 6.07) is 8.85. The molecule has 172 valence electrons. The summed E-state index contributed by atoms with van der Waals surface area (Å²) in [7, 11) is 1.52. The van der Waals surface area contributed by atoms with E-state index in [2.05, 4.69) is 15.0 Å². The molecule has 0 N–H and O–H groups in total. The molecule has 1 aliphatic heterocycles. The van der Waals surface area contributed by atoms with Gasteiger partial charge in [-0.3, -0.25) is 4.79 Å². The van der Waals surface area contributed by atoms with Crippen molar-refractivity contribution in [2.75, 3.05) is 20.2 Å². The first-order valence-electron chi connectivity index (χ1n) is 10.2. The van der Waals surface area contributed by atoms with Crippen molar-refractivity contribution in [3.05, 3.63) is 75.9 Å². The Morgan fingerprint density at radius 2 is 1.85 bits per heavy atom. The SMILES string of the molecule is COc1ccc(C(=O)N2CC(c3ccc(Cl)c(Cl)c3)C(C(C)Oc3ncc(F)cn3)C2)cn1. The van der Waals surface area contributed by atoms with Crippen molar-refractivity contribution in [2.45, 2.75) is 18.9 Å². The molecular formula is C23H21Cl2FN4O3. The lowest BCUT2D eigenvalue weighted by Gasteiger charge is -2.25. The van der Waals surface area contributed by atoms with E-state index < -0.39 is 5.82 Å². The van der Waals surface area contributed by atoms with E-state index in [0.29, 0.717) is 34.6 Å². The average Bonchev–Trinajstić information content (AvgIpc) is 3.27. The number of pyridine rings is 1. The van der Waals surface area contributed by atoms with E-state index in [1.807, 2.05) is 19.1 Å². The second kappa shape index (κ2) is 9.89. The first-order chi connectivity index (χ1) is 15.9. The van der Waals surface area contributed by atoms with Crippen LogP contribution in [0.25, 0.3) is 0 Å². The van der Waals surface area contributed by atoms with Gasteiger partial charge in [0.25, 0.3) is 5.91 Å². The molecule has 1 saturated heterocycles. The molecule has 1 amide bonds. The van der Waals surface area contributed by atoms with Gasteiger partial charge < -0.3 is 14.4 Å². The summed E-state index contributed by atoms with van der Waals surface area (Å²) < 4.78 is 24.1. The van der Waals surface area contributed by atoms with Gasteiger partial charge in [-0.2, -0.15) is 0 Å². The van der Waals surface area contributed by atoms with E-state index in [1.54, 1.807) is 23.1 Å². The van der Waals surface area contributed by atoms with Gasteiger partial charge in [0.15, 0.2) is 5.82 Å². The Morgan fingerprint density at radius 1 is 1.09 bits per heavy atom. The maximum Gasteiger partial charge on any atom is 0.316 e. The zero-order valence-corrected chi connectivity index (χ0v) is 19.4. The number of methoxy groups -OCH3 is 1. The van der Waals surface area contributed by atoms with Gasteiger partial charge in [0.2, 0.25) is 5.88 Å². The van der Waals surface area contributed by atoms with Crippen LogP contribution in [0.5, 0.6) is 11.9 Å². The van der Waals surface area contributed by atoms with Crippen molar-refractivity contribution in [1.82, 2.24) is 19.9 Å². The largest absolute Gasteiger partial charge is 0.481 e. The minimum absolute atomic E-state index is 0.0703. The number of nitrogens with zero attached hydrogens (tertiary/aromatic N) is 4. The number of halogens is 3. The van der Waals surface area contributed by atoms with Crippen LogP contribution in [0.1, 0.15) is 28.8 Å². The summed E-state index contributed by atoms with van der Waals surface area (Å²) >= 11 is 12.4. The van der Waals surface area contributed by atoms with Crippen LogP contribution >= 0.6 is 23.2 Å². The Balaban J connectivity index is 1.60. The van der Waals surface area contributed by atoms with Crippen LogP contribution in [-0.4, -0.2) is 52.1 Å². The standard InChI is InChI=1S/C23H21Cl2FN4O3/c1-13(33-23-28-9-16(26)10-29-23)17-11-30(22(31)15-4-6-21(32-2)27-8-15)12-18(17)14-3-5-19(24)20(25)7-14/h3-10,13,17-18H,11-12H2,1-2H3. The minimum Gasteiger partial charge on any atom is -0.481 e. The predicted molar refractivity (Wildman–Crippen MR) is 121 cm³/mol. The Bertz CT molecular complexity index is 1130. The molecule has 4 rings (SSSR count). The molecule has 2 aromatic heterocycles. The Hall–Kier alpha value is -2.97. The number of hydrogen-bond donors (Lipinski definition) is 0. The minimum atomic E-state index is -0.547. The number of amides is 1. The van der Waals surface area contributed by atoms with Crippen molar-refractivity contribution < 1.29 is 18.7 Å². The molecule has 33 heavy (non-hydrogen) atoms. The number of benzene rings is 1. The molecule has 0 spiro atoms. The maximum absolute atomic E-state index is 13.2.